The van der Waals surface area contributed by atoms with Crippen LogP contribution in [0.15, 0.2) is 59.5 Å². The van der Waals surface area contributed by atoms with Crippen molar-refractivity contribution in [2.45, 2.75) is 0 Å². The third-order valence-corrected chi connectivity index (χ3v) is 3.66. The molecule has 0 unspecified atom stereocenters. The van der Waals surface area contributed by atoms with E-state index in [-0.39, 0.29) is 11.0 Å². The number of fused-ring (bicyclic) bond motifs is 3. The normalized spacial score (nSPS) is 10.8. The van der Waals surface area contributed by atoms with Gasteiger partial charge in [0.25, 0.3) is 0 Å². The second-order valence-corrected chi connectivity index (χ2v) is 5.08. The third kappa shape index (κ3) is 2.05. The number of halogens is 1. The lowest BCUT2D eigenvalue weighted by atomic mass is 10.2. The maximum absolute atomic E-state index is 12.5. The maximum atomic E-state index is 12.5. The van der Waals surface area contributed by atoms with Crippen LogP contribution in [0, 0.1) is 0 Å². The van der Waals surface area contributed by atoms with Gasteiger partial charge in [-0.1, -0.05) is 39.7 Å². The second-order valence-electron chi connectivity index (χ2n) is 4.69. The van der Waals surface area contributed by atoms with Crippen LogP contribution in [0.5, 0.6) is 0 Å². The first-order valence-electron chi connectivity index (χ1n) is 6.40. The van der Waals surface area contributed by atoms with Crippen LogP contribution in [0.4, 0.5) is 0 Å². The average molecular weight is 315 g/mol. The van der Waals surface area contributed by atoms with E-state index >= 15 is 0 Å². The Morgan fingerprint density at radius 3 is 2.64 bits per heavy atom. The van der Waals surface area contributed by atoms with Gasteiger partial charge in [-0.25, -0.2) is 9.78 Å². The van der Waals surface area contributed by atoms with Gasteiger partial charge >= 0.3 is 5.56 Å². The van der Waals surface area contributed by atoms with Gasteiger partial charge in [0.05, 0.1) is 6.20 Å². The predicted molar refractivity (Wildman–Crippen MR) is 81.8 cm³/mol. The van der Waals surface area contributed by atoms with E-state index in [1.807, 2.05) is 30.3 Å². The third-order valence-electron chi connectivity index (χ3n) is 3.43. The lowest BCUT2D eigenvalue weighted by Gasteiger charge is -1.94. The standard InChI is InChI=1S/C15H9ClN4O.H2O/c16-14-8-6-11(9-17-14)19-15(21)13-7-5-10-3-1-2-4-12(10)20(13)18-19;/h1-9H;1H2. The Bertz CT molecular complexity index is 1020. The Labute approximate surface area is 129 Å². The molecule has 0 saturated heterocycles. The summed E-state index contributed by atoms with van der Waals surface area (Å²) >= 11 is 5.78. The van der Waals surface area contributed by atoms with Gasteiger partial charge in [0.15, 0.2) is 11.2 Å². The monoisotopic (exact) mass is 314 g/mol. The molecule has 3 aromatic heterocycles. The fourth-order valence-corrected chi connectivity index (χ4v) is 2.53. The van der Waals surface area contributed by atoms with Gasteiger partial charge in [-0.2, -0.15) is 0 Å². The number of nitrogens with one attached hydrogen (secondary N) is 1. The fraction of sp³-hybridized carbons (Fsp3) is 0. The van der Waals surface area contributed by atoms with Gasteiger partial charge in [-0.15, -0.1) is 4.52 Å². The minimum atomic E-state index is -0.134. The van der Waals surface area contributed by atoms with Crippen molar-refractivity contribution in [2.24, 2.45) is 0 Å². The van der Waals surface area contributed by atoms with E-state index in [4.69, 9.17) is 11.6 Å². The molecule has 0 bridgehead atoms. The highest BCUT2D eigenvalue weighted by Gasteiger charge is 2.18. The number of nitrogens with zero attached hydrogens (tertiary/aromatic N) is 3. The molecule has 0 fully saturated rings. The van der Waals surface area contributed by atoms with Crippen LogP contribution in [0.3, 0.4) is 0 Å². The number of para-hydroxylation sites is 1. The zero-order valence-electron chi connectivity index (χ0n) is 11.3. The van der Waals surface area contributed by atoms with E-state index in [2.05, 4.69) is 10.2 Å². The number of pyridine rings is 2. The Hall–Kier alpha value is -2.70. The summed E-state index contributed by atoms with van der Waals surface area (Å²) in [5, 5.41) is 4.52. The molecule has 0 saturated carbocycles. The number of hydrogen-bond donors (Lipinski definition) is 1. The molecule has 7 heteroatoms. The van der Waals surface area contributed by atoms with Crippen molar-refractivity contribution in [3.8, 4) is 5.69 Å². The molecule has 110 valence electrons. The van der Waals surface area contributed by atoms with E-state index in [1.54, 1.807) is 28.9 Å². The van der Waals surface area contributed by atoms with Gasteiger partial charge < -0.3 is 5.48 Å². The largest absolute Gasteiger partial charge is 0.870 e. The van der Waals surface area contributed by atoms with Gasteiger partial charge in [0, 0.05) is 5.39 Å². The fourth-order valence-electron chi connectivity index (χ4n) is 2.42. The van der Waals surface area contributed by atoms with Gasteiger partial charge in [0.2, 0.25) is 5.52 Å². The second kappa shape index (κ2) is 5.25. The molecule has 0 radical (unpaired) electrons. The number of hydrogen-bond acceptors (Lipinski definition) is 3. The van der Waals surface area contributed by atoms with Gasteiger partial charge in [0.1, 0.15) is 5.15 Å². The quantitative estimate of drug-likeness (QED) is 0.430. The van der Waals surface area contributed by atoms with Crippen LogP contribution in [0.1, 0.15) is 0 Å². The van der Waals surface area contributed by atoms with E-state index < -0.39 is 0 Å². The number of rotatable bonds is 1. The summed E-state index contributed by atoms with van der Waals surface area (Å²) in [5.41, 5.74) is 2.01. The van der Waals surface area contributed by atoms with Gasteiger partial charge in [-0.3, -0.25) is 0 Å². The zero-order valence-corrected chi connectivity index (χ0v) is 12.0. The molecular weight excluding hydrogens is 304 g/mol. The van der Waals surface area contributed by atoms with Crippen LogP contribution >= 0.6 is 11.6 Å². The summed E-state index contributed by atoms with van der Waals surface area (Å²) in [6.07, 6.45) is 1.56. The molecule has 0 spiro atoms. The first kappa shape index (κ1) is 14.2. The van der Waals surface area contributed by atoms with Crippen molar-refractivity contribution in [1.82, 2.24) is 14.9 Å². The molecule has 22 heavy (non-hydrogen) atoms. The highest BCUT2D eigenvalue weighted by atomic mass is 35.5. The highest BCUT2D eigenvalue weighted by molar-refractivity contribution is 6.29. The predicted octanol–water partition coefficient (Wildman–Crippen LogP) is 1.93. The Kier molecular flexibility index (Phi) is 3.40. The van der Waals surface area contributed by atoms with E-state index in [1.165, 1.54) is 4.68 Å². The molecule has 0 amide bonds. The number of benzene rings is 1. The zero-order chi connectivity index (χ0) is 14.4. The van der Waals surface area contributed by atoms with Crippen LogP contribution < -0.4 is 10.1 Å². The van der Waals surface area contributed by atoms with Gasteiger partial charge in [-0.05, 0) is 30.3 Å². The first-order valence-corrected chi connectivity index (χ1v) is 6.78. The summed E-state index contributed by atoms with van der Waals surface area (Å²) in [5.74, 6) is 0. The maximum Gasteiger partial charge on any atom is 0.406 e. The number of aromatic amines is 1. The van der Waals surface area contributed by atoms with Crippen LogP contribution in [0.2, 0.25) is 5.15 Å². The summed E-state index contributed by atoms with van der Waals surface area (Å²) < 4.78 is 3.22. The lowest BCUT2D eigenvalue weighted by Crippen LogP contribution is -2.25. The first-order chi connectivity index (χ1) is 10.2. The highest BCUT2D eigenvalue weighted by Crippen LogP contribution is 2.11. The molecule has 0 aliphatic rings. The summed E-state index contributed by atoms with van der Waals surface area (Å²) in [6, 6.07) is 15.0. The molecule has 4 rings (SSSR count). The van der Waals surface area contributed by atoms with Crippen molar-refractivity contribution >= 4 is 28.0 Å². The smallest absolute Gasteiger partial charge is 0.406 e. The van der Waals surface area contributed by atoms with E-state index in [0.29, 0.717) is 16.4 Å². The minimum absolute atomic E-state index is 0. The average Bonchev–Trinajstić information content (AvgIpc) is 2.86. The summed E-state index contributed by atoms with van der Waals surface area (Å²) in [4.78, 5) is 16.5. The Morgan fingerprint density at radius 2 is 1.86 bits per heavy atom. The molecule has 4 aromatic rings. The van der Waals surface area contributed by atoms with Crippen molar-refractivity contribution in [3.05, 3.63) is 70.2 Å². The van der Waals surface area contributed by atoms with Crippen LogP contribution in [-0.2, 0) is 0 Å². The topological polar surface area (TPSA) is 84.8 Å². The minimum Gasteiger partial charge on any atom is -0.870 e. The molecular formula is C15H11ClN4O2. The lowest BCUT2D eigenvalue weighted by molar-refractivity contribution is -0.555. The molecule has 2 N–H and O–H groups in total. The molecule has 6 nitrogen and oxygen atoms in total. The van der Waals surface area contributed by atoms with Crippen molar-refractivity contribution < 1.29 is 9.99 Å². The molecule has 3 heterocycles. The molecule has 0 aliphatic carbocycles. The molecule has 0 atom stereocenters. The van der Waals surface area contributed by atoms with Crippen LogP contribution in [-0.4, -0.2) is 20.4 Å². The molecule has 1 aromatic carbocycles. The van der Waals surface area contributed by atoms with E-state index in [0.717, 1.165) is 10.9 Å². The molecule has 0 aliphatic heterocycles. The Balaban J connectivity index is 0.00000144. The number of H-pyrrole nitrogens is 1. The van der Waals surface area contributed by atoms with Crippen LogP contribution in [0.25, 0.3) is 22.1 Å². The summed E-state index contributed by atoms with van der Waals surface area (Å²) in [7, 11) is 0. The SMILES string of the molecule is O=c1c2ccc3ccccc3[n+]2[nH]n1-c1ccc(Cl)nc1.[OH-]. The van der Waals surface area contributed by atoms with Crippen molar-refractivity contribution in [1.29, 1.82) is 0 Å². The Morgan fingerprint density at radius 1 is 1.05 bits per heavy atom. The van der Waals surface area contributed by atoms with Crippen molar-refractivity contribution in [2.75, 3.05) is 0 Å². The van der Waals surface area contributed by atoms with E-state index in [9.17, 15) is 4.79 Å². The van der Waals surface area contributed by atoms with Crippen molar-refractivity contribution in [3.63, 3.8) is 0 Å². The number of aromatic nitrogens is 4. The summed E-state index contributed by atoms with van der Waals surface area (Å²) in [6.45, 7) is 0.